The fourth-order valence-corrected chi connectivity index (χ4v) is 3.02. The van der Waals surface area contributed by atoms with Gasteiger partial charge in [-0.15, -0.1) is 0 Å². The Labute approximate surface area is 144 Å². The summed E-state index contributed by atoms with van der Waals surface area (Å²) in [5, 5.41) is 0.501. The molecule has 24 heavy (non-hydrogen) atoms. The third kappa shape index (κ3) is 2.51. The summed E-state index contributed by atoms with van der Waals surface area (Å²) in [5.41, 5.74) is 2.13. The molecule has 0 fully saturated rings. The first-order chi connectivity index (χ1) is 11.5. The Hall–Kier alpha value is -2.53. The largest absolute Gasteiger partial charge is 0.497 e. The number of benzene rings is 2. The van der Waals surface area contributed by atoms with E-state index in [1.54, 1.807) is 37.3 Å². The van der Waals surface area contributed by atoms with Crippen LogP contribution < -0.4 is 14.4 Å². The summed E-state index contributed by atoms with van der Waals surface area (Å²) in [6.07, 6.45) is 0.0839. The molecule has 0 N–H and O–H groups in total. The van der Waals surface area contributed by atoms with E-state index in [-0.39, 0.29) is 12.3 Å². The van der Waals surface area contributed by atoms with Crippen LogP contribution in [0.1, 0.15) is 21.5 Å². The average molecular weight is 346 g/mol. The highest BCUT2D eigenvalue weighted by Crippen LogP contribution is 2.36. The molecule has 2 aromatic carbocycles. The predicted molar refractivity (Wildman–Crippen MR) is 91.3 cm³/mol. The Bertz CT molecular complexity index is 847. The number of methoxy groups -OCH3 is 2. The first-order valence-electron chi connectivity index (χ1n) is 7.35. The van der Waals surface area contributed by atoms with Gasteiger partial charge in [0.2, 0.25) is 5.91 Å². The Morgan fingerprint density at radius 3 is 2.54 bits per heavy atom. The van der Waals surface area contributed by atoms with E-state index < -0.39 is 5.91 Å². The second kappa shape index (κ2) is 6.17. The molecular weight excluding hydrogens is 330 g/mol. The smallest absolute Gasteiger partial charge is 0.269 e. The summed E-state index contributed by atoms with van der Waals surface area (Å²) in [6, 6.07) is 8.47. The molecule has 0 saturated heterocycles. The van der Waals surface area contributed by atoms with E-state index in [9.17, 15) is 9.59 Å². The molecule has 0 bridgehead atoms. The minimum absolute atomic E-state index is 0.0839. The molecule has 0 atom stereocenters. The third-order valence-corrected chi connectivity index (χ3v) is 4.51. The van der Waals surface area contributed by atoms with E-state index in [1.165, 1.54) is 19.1 Å². The van der Waals surface area contributed by atoms with Crippen molar-refractivity contribution in [2.75, 3.05) is 19.1 Å². The SMILES string of the molecule is COc1cc2c(c(OC)c1)C(=O)N(c1cccc(Cl)c1C)C(=O)C2. The summed E-state index contributed by atoms with van der Waals surface area (Å²) in [5.74, 6) is 0.185. The highest BCUT2D eigenvalue weighted by atomic mass is 35.5. The second-order valence-corrected chi connectivity index (χ2v) is 5.87. The van der Waals surface area contributed by atoms with Crippen molar-refractivity contribution in [3.63, 3.8) is 0 Å². The number of nitrogens with zero attached hydrogens (tertiary/aromatic N) is 1. The van der Waals surface area contributed by atoms with Gasteiger partial charge in [-0.25, -0.2) is 4.90 Å². The number of imide groups is 1. The van der Waals surface area contributed by atoms with Crippen LogP contribution in [0.3, 0.4) is 0 Å². The number of hydrogen-bond acceptors (Lipinski definition) is 4. The van der Waals surface area contributed by atoms with E-state index >= 15 is 0 Å². The molecule has 0 radical (unpaired) electrons. The topological polar surface area (TPSA) is 55.8 Å². The maximum Gasteiger partial charge on any atom is 0.269 e. The number of anilines is 1. The lowest BCUT2D eigenvalue weighted by Crippen LogP contribution is -2.43. The van der Waals surface area contributed by atoms with Crippen molar-refractivity contribution < 1.29 is 19.1 Å². The normalized spacial score (nSPS) is 13.8. The van der Waals surface area contributed by atoms with Gasteiger partial charge >= 0.3 is 0 Å². The molecule has 124 valence electrons. The summed E-state index contributed by atoms with van der Waals surface area (Å²) in [4.78, 5) is 26.8. The molecular formula is C18H16ClNO4. The number of rotatable bonds is 3. The molecule has 0 aromatic heterocycles. The van der Waals surface area contributed by atoms with Crippen LogP contribution in [0.15, 0.2) is 30.3 Å². The van der Waals surface area contributed by atoms with Gasteiger partial charge in [-0.05, 0) is 36.2 Å². The Kier molecular flexibility index (Phi) is 4.20. The Morgan fingerprint density at radius 2 is 1.88 bits per heavy atom. The van der Waals surface area contributed by atoms with E-state index in [0.29, 0.717) is 38.9 Å². The molecule has 6 heteroatoms. The average Bonchev–Trinajstić information content (AvgIpc) is 2.57. The van der Waals surface area contributed by atoms with Crippen LogP contribution in [0.2, 0.25) is 5.02 Å². The van der Waals surface area contributed by atoms with E-state index in [0.717, 1.165) is 0 Å². The summed E-state index contributed by atoms with van der Waals surface area (Å²) in [7, 11) is 3.00. The highest BCUT2D eigenvalue weighted by Gasteiger charge is 2.36. The third-order valence-electron chi connectivity index (χ3n) is 4.10. The molecule has 5 nitrogen and oxygen atoms in total. The lowest BCUT2D eigenvalue weighted by Gasteiger charge is -2.29. The summed E-state index contributed by atoms with van der Waals surface area (Å²) >= 11 is 6.14. The molecule has 0 saturated carbocycles. The standard InChI is InChI=1S/C18H16ClNO4/c1-10-13(19)5-4-6-14(10)20-16(21)8-11-7-12(23-2)9-15(24-3)17(11)18(20)22/h4-7,9H,8H2,1-3H3. The molecule has 1 aliphatic rings. The Morgan fingerprint density at radius 1 is 1.12 bits per heavy atom. The fraction of sp³-hybridized carbons (Fsp3) is 0.222. The lowest BCUT2D eigenvalue weighted by atomic mass is 9.96. The van der Waals surface area contributed by atoms with Crippen LogP contribution in [0.5, 0.6) is 11.5 Å². The Balaban J connectivity index is 2.17. The lowest BCUT2D eigenvalue weighted by molar-refractivity contribution is -0.117. The molecule has 1 aliphatic heterocycles. The maximum atomic E-state index is 13.0. The van der Waals surface area contributed by atoms with Gasteiger partial charge in [-0.2, -0.15) is 0 Å². The fourth-order valence-electron chi connectivity index (χ4n) is 2.86. The molecule has 0 aliphatic carbocycles. The van der Waals surface area contributed by atoms with Crippen molar-refractivity contribution in [2.45, 2.75) is 13.3 Å². The van der Waals surface area contributed by atoms with E-state index in [1.807, 2.05) is 0 Å². The number of hydrogen-bond donors (Lipinski definition) is 0. The van der Waals surface area contributed by atoms with Gasteiger partial charge in [0.05, 0.1) is 31.9 Å². The quantitative estimate of drug-likeness (QED) is 0.800. The van der Waals surface area contributed by atoms with E-state index in [2.05, 4.69) is 0 Å². The van der Waals surface area contributed by atoms with Crippen LogP contribution in [-0.2, 0) is 11.2 Å². The van der Waals surface area contributed by atoms with Gasteiger partial charge in [0, 0.05) is 11.1 Å². The molecule has 0 spiro atoms. The van der Waals surface area contributed by atoms with Crippen molar-refractivity contribution in [2.24, 2.45) is 0 Å². The van der Waals surface area contributed by atoms with E-state index in [4.69, 9.17) is 21.1 Å². The number of carbonyl (C=O) groups excluding carboxylic acids is 2. The van der Waals surface area contributed by atoms with Crippen LogP contribution in [0, 0.1) is 6.92 Å². The van der Waals surface area contributed by atoms with Gasteiger partial charge in [-0.1, -0.05) is 17.7 Å². The zero-order chi connectivity index (χ0) is 17.4. The van der Waals surface area contributed by atoms with Crippen LogP contribution in [0.4, 0.5) is 5.69 Å². The van der Waals surface area contributed by atoms with Crippen molar-refractivity contribution in [1.29, 1.82) is 0 Å². The molecule has 2 amide bonds. The molecule has 3 rings (SSSR count). The first-order valence-corrected chi connectivity index (χ1v) is 7.73. The van der Waals surface area contributed by atoms with Crippen LogP contribution >= 0.6 is 11.6 Å². The van der Waals surface area contributed by atoms with Crippen molar-refractivity contribution in [3.8, 4) is 11.5 Å². The van der Waals surface area contributed by atoms with Crippen LogP contribution in [-0.4, -0.2) is 26.0 Å². The van der Waals surface area contributed by atoms with Gasteiger partial charge in [0.25, 0.3) is 5.91 Å². The van der Waals surface area contributed by atoms with Crippen molar-refractivity contribution in [3.05, 3.63) is 52.0 Å². The number of fused-ring (bicyclic) bond motifs is 1. The van der Waals surface area contributed by atoms with Crippen molar-refractivity contribution in [1.82, 2.24) is 0 Å². The minimum atomic E-state index is -0.425. The highest BCUT2D eigenvalue weighted by molar-refractivity contribution is 6.32. The minimum Gasteiger partial charge on any atom is -0.497 e. The first kappa shape index (κ1) is 16.3. The second-order valence-electron chi connectivity index (χ2n) is 5.46. The molecule has 1 heterocycles. The van der Waals surface area contributed by atoms with Crippen molar-refractivity contribution >= 4 is 29.1 Å². The maximum absolute atomic E-state index is 13.0. The van der Waals surface area contributed by atoms with Gasteiger partial charge in [0.15, 0.2) is 0 Å². The number of ether oxygens (including phenoxy) is 2. The zero-order valence-electron chi connectivity index (χ0n) is 13.6. The van der Waals surface area contributed by atoms with Gasteiger partial charge < -0.3 is 9.47 Å². The monoisotopic (exact) mass is 345 g/mol. The zero-order valence-corrected chi connectivity index (χ0v) is 14.3. The number of amides is 2. The van der Waals surface area contributed by atoms with Crippen LogP contribution in [0.25, 0.3) is 0 Å². The summed E-state index contributed by atoms with van der Waals surface area (Å²) in [6.45, 7) is 1.78. The predicted octanol–water partition coefficient (Wildman–Crippen LogP) is 3.40. The van der Waals surface area contributed by atoms with Gasteiger partial charge in [0.1, 0.15) is 11.5 Å². The number of halogens is 1. The number of carbonyl (C=O) groups is 2. The van der Waals surface area contributed by atoms with Gasteiger partial charge in [-0.3, -0.25) is 9.59 Å². The molecule has 2 aromatic rings. The molecule has 0 unspecified atom stereocenters. The summed E-state index contributed by atoms with van der Waals surface area (Å²) < 4.78 is 10.5.